The van der Waals surface area contributed by atoms with E-state index in [0.717, 1.165) is 57.8 Å². The number of hydrogen-bond donors (Lipinski definition) is 6. The molecule has 81 heavy (non-hydrogen) atoms. The second-order valence-electron chi connectivity index (χ2n) is 24.6. The highest BCUT2D eigenvalue weighted by Crippen LogP contribution is 2.23. The molecule has 11 heteroatoms. The van der Waals surface area contributed by atoms with Crippen molar-refractivity contribution in [1.82, 2.24) is 5.32 Å². The van der Waals surface area contributed by atoms with Crippen LogP contribution >= 0.6 is 0 Å². The van der Waals surface area contributed by atoms with E-state index >= 15 is 0 Å². The number of aliphatic hydroxyl groups excluding tert-OH is 5. The second-order valence-corrected chi connectivity index (χ2v) is 24.6. The lowest BCUT2D eigenvalue weighted by molar-refractivity contribution is -0.302. The van der Waals surface area contributed by atoms with E-state index in [1.807, 2.05) is 6.08 Å². The summed E-state index contributed by atoms with van der Waals surface area (Å²) in [6.45, 7) is 4.32. The van der Waals surface area contributed by atoms with Gasteiger partial charge in [0.15, 0.2) is 6.29 Å². The summed E-state index contributed by atoms with van der Waals surface area (Å²) >= 11 is 0. The molecule has 7 atom stereocenters. The molecule has 0 radical (unpaired) electrons. The average molecular weight is 1150 g/mol. The van der Waals surface area contributed by atoms with E-state index in [4.69, 9.17) is 14.2 Å². The molecule has 0 bridgehead atoms. The zero-order chi connectivity index (χ0) is 58.7. The van der Waals surface area contributed by atoms with Crippen molar-refractivity contribution in [2.24, 2.45) is 0 Å². The minimum absolute atomic E-state index is 0.00379. The molecule has 7 unspecified atom stereocenters. The standard InChI is InChI=1S/C70H133NO10/c1-3-5-7-9-11-13-14-38-42-46-50-54-58-66(75)79-59-55-51-47-43-39-36-34-32-30-28-26-24-22-20-18-16-15-17-19-21-23-25-27-29-31-33-35-37-41-45-49-53-57-65(74)71-62(63(73)56-52-48-44-40-12-10-8-6-4-2)61-80-70-69(78)68(77)67(76)64(60-72)81-70/h11,13,52,56,62-64,67-70,72-73,76-78H,3-10,12,14-51,53-55,57-61H2,1-2H3,(H,71,74)/b13-11-,56-52+. The number of hydrogen-bond acceptors (Lipinski definition) is 10. The Hall–Kier alpha value is -1.86. The minimum atomic E-state index is -1.57. The van der Waals surface area contributed by atoms with E-state index in [-0.39, 0.29) is 18.5 Å². The van der Waals surface area contributed by atoms with Gasteiger partial charge in [-0.15, -0.1) is 0 Å². The molecule has 6 N–H and O–H groups in total. The van der Waals surface area contributed by atoms with Gasteiger partial charge in [-0.05, 0) is 57.8 Å². The quantitative estimate of drug-likeness (QED) is 0.0195. The van der Waals surface area contributed by atoms with Crippen LogP contribution in [0.4, 0.5) is 0 Å². The van der Waals surface area contributed by atoms with E-state index in [2.05, 4.69) is 31.3 Å². The van der Waals surface area contributed by atoms with Gasteiger partial charge in [-0.3, -0.25) is 9.59 Å². The van der Waals surface area contributed by atoms with Crippen LogP contribution in [0.25, 0.3) is 0 Å². The number of aliphatic hydroxyl groups is 5. The summed E-state index contributed by atoms with van der Waals surface area (Å²) in [4.78, 5) is 25.0. The van der Waals surface area contributed by atoms with Crippen LogP contribution in [-0.4, -0.2) is 100 Å². The van der Waals surface area contributed by atoms with Crippen molar-refractivity contribution in [3.8, 4) is 0 Å². The van der Waals surface area contributed by atoms with Gasteiger partial charge in [0.05, 0.1) is 32.0 Å². The molecule has 1 rings (SSSR count). The third-order valence-corrected chi connectivity index (χ3v) is 16.8. The van der Waals surface area contributed by atoms with Crippen LogP contribution in [0.5, 0.6) is 0 Å². The number of rotatable bonds is 62. The predicted molar refractivity (Wildman–Crippen MR) is 338 cm³/mol. The Morgan fingerprint density at radius 2 is 0.790 bits per heavy atom. The van der Waals surface area contributed by atoms with Crippen molar-refractivity contribution >= 4 is 11.9 Å². The molecule has 0 saturated carbocycles. The van der Waals surface area contributed by atoms with Gasteiger partial charge in [0.2, 0.25) is 5.91 Å². The van der Waals surface area contributed by atoms with Crippen molar-refractivity contribution in [2.75, 3.05) is 19.8 Å². The Balaban J connectivity index is 1.89. The Labute approximate surface area is 499 Å². The molecule has 478 valence electrons. The monoisotopic (exact) mass is 1150 g/mol. The van der Waals surface area contributed by atoms with Crippen LogP contribution in [0.3, 0.4) is 0 Å². The number of carbonyl (C=O) groups is 2. The van der Waals surface area contributed by atoms with Gasteiger partial charge in [-0.25, -0.2) is 0 Å². The first-order valence-electron chi connectivity index (χ1n) is 35.1. The lowest BCUT2D eigenvalue weighted by Gasteiger charge is -2.40. The van der Waals surface area contributed by atoms with Crippen molar-refractivity contribution in [3.05, 3.63) is 24.3 Å². The van der Waals surface area contributed by atoms with Gasteiger partial charge in [0.1, 0.15) is 24.4 Å². The van der Waals surface area contributed by atoms with E-state index in [1.54, 1.807) is 6.08 Å². The molecule has 1 aliphatic rings. The maximum absolute atomic E-state index is 13.0. The van der Waals surface area contributed by atoms with Crippen molar-refractivity contribution < 1.29 is 49.3 Å². The summed E-state index contributed by atoms with van der Waals surface area (Å²) in [6.07, 6.45) is 64.8. The van der Waals surface area contributed by atoms with Gasteiger partial charge in [0.25, 0.3) is 0 Å². The molecule has 1 fully saturated rings. The third-order valence-electron chi connectivity index (χ3n) is 16.8. The largest absolute Gasteiger partial charge is 0.466 e. The first kappa shape index (κ1) is 77.2. The fraction of sp³-hybridized carbons (Fsp3) is 0.914. The Morgan fingerprint density at radius 3 is 1.21 bits per heavy atom. The first-order chi connectivity index (χ1) is 39.7. The molecule has 0 aliphatic carbocycles. The van der Waals surface area contributed by atoms with Crippen molar-refractivity contribution in [1.29, 1.82) is 0 Å². The topological polar surface area (TPSA) is 175 Å². The summed E-state index contributed by atoms with van der Waals surface area (Å²) < 4.78 is 16.7. The van der Waals surface area contributed by atoms with Crippen LogP contribution < -0.4 is 5.32 Å². The molecule has 1 heterocycles. The number of nitrogens with one attached hydrogen (secondary N) is 1. The lowest BCUT2D eigenvalue weighted by Crippen LogP contribution is -2.60. The molecule has 0 aromatic rings. The molecule has 0 spiro atoms. The summed E-state index contributed by atoms with van der Waals surface area (Å²) in [5, 5.41) is 54.3. The van der Waals surface area contributed by atoms with Gasteiger partial charge in [0, 0.05) is 12.8 Å². The Morgan fingerprint density at radius 1 is 0.444 bits per heavy atom. The van der Waals surface area contributed by atoms with E-state index in [0.29, 0.717) is 19.4 Å². The summed E-state index contributed by atoms with van der Waals surface area (Å²) in [5.74, 6) is -0.174. The van der Waals surface area contributed by atoms with Crippen LogP contribution in [0.15, 0.2) is 24.3 Å². The molecule has 0 aromatic carbocycles. The Kier molecular flexibility index (Phi) is 57.0. The summed E-state index contributed by atoms with van der Waals surface area (Å²) in [5.41, 5.74) is 0. The highest BCUT2D eigenvalue weighted by Gasteiger charge is 2.44. The van der Waals surface area contributed by atoms with Crippen molar-refractivity contribution in [3.63, 3.8) is 0 Å². The fourth-order valence-corrected chi connectivity index (χ4v) is 11.3. The van der Waals surface area contributed by atoms with Crippen molar-refractivity contribution in [2.45, 2.75) is 391 Å². The normalized spacial score (nSPS) is 18.3. The maximum Gasteiger partial charge on any atom is 0.305 e. The highest BCUT2D eigenvalue weighted by atomic mass is 16.7. The van der Waals surface area contributed by atoms with Gasteiger partial charge < -0.3 is 45.1 Å². The number of unbranched alkanes of at least 4 members (excludes halogenated alkanes) is 46. The zero-order valence-electron chi connectivity index (χ0n) is 53.0. The molecule has 1 aliphatic heterocycles. The number of ether oxygens (including phenoxy) is 3. The number of amides is 1. The molecular weight excluding hydrogens is 1010 g/mol. The van der Waals surface area contributed by atoms with E-state index in [1.165, 1.54) is 263 Å². The lowest BCUT2D eigenvalue weighted by atomic mass is 9.99. The average Bonchev–Trinajstić information content (AvgIpc) is 3.47. The van der Waals surface area contributed by atoms with Crippen LogP contribution in [-0.2, 0) is 23.8 Å². The SMILES string of the molecule is CCCCC/C=C\CCCCCCCC(=O)OCCCCCCCCCCCCCCCCCCCCCCCCCCCCCCCCCCC(=O)NC(COC1OC(CO)C(O)C(O)C1O)C(O)/C=C/CCCCCCCCC. The van der Waals surface area contributed by atoms with Gasteiger partial charge >= 0.3 is 5.97 Å². The van der Waals surface area contributed by atoms with Crippen LogP contribution in [0, 0.1) is 0 Å². The number of carbonyl (C=O) groups excluding carboxylic acids is 2. The molecule has 11 nitrogen and oxygen atoms in total. The summed E-state index contributed by atoms with van der Waals surface area (Å²) in [6, 6.07) is -0.804. The fourth-order valence-electron chi connectivity index (χ4n) is 11.3. The van der Waals surface area contributed by atoms with Gasteiger partial charge in [-0.1, -0.05) is 301 Å². The highest BCUT2D eigenvalue weighted by molar-refractivity contribution is 5.76. The number of allylic oxidation sites excluding steroid dienone is 3. The maximum atomic E-state index is 13.0. The van der Waals surface area contributed by atoms with Crippen LogP contribution in [0.1, 0.15) is 348 Å². The second kappa shape index (κ2) is 59.9. The van der Waals surface area contributed by atoms with Crippen LogP contribution in [0.2, 0.25) is 0 Å². The van der Waals surface area contributed by atoms with E-state index < -0.39 is 49.5 Å². The third kappa shape index (κ3) is 49.0. The smallest absolute Gasteiger partial charge is 0.305 e. The minimum Gasteiger partial charge on any atom is -0.466 e. The van der Waals surface area contributed by atoms with E-state index in [9.17, 15) is 35.1 Å². The molecule has 0 aromatic heterocycles. The Bertz CT molecular complexity index is 1390. The first-order valence-corrected chi connectivity index (χ1v) is 35.1. The zero-order valence-corrected chi connectivity index (χ0v) is 53.0. The molecule has 1 saturated heterocycles. The number of esters is 1. The molecule has 1 amide bonds. The summed E-state index contributed by atoms with van der Waals surface area (Å²) in [7, 11) is 0. The molecular formula is C70H133NO10. The van der Waals surface area contributed by atoms with Gasteiger partial charge in [-0.2, -0.15) is 0 Å². The predicted octanol–water partition coefficient (Wildman–Crippen LogP) is 17.6.